The van der Waals surface area contributed by atoms with E-state index in [9.17, 15) is 13.6 Å². The summed E-state index contributed by atoms with van der Waals surface area (Å²) in [6, 6.07) is 3.01. The van der Waals surface area contributed by atoms with Crippen molar-refractivity contribution < 1.29 is 13.6 Å². The van der Waals surface area contributed by atoms with E-state index in [4.69, 9.17) is 0 Å². The number of hydrogen-bond acceptors (Lipinski definition) is 2. The molecular weight excluding hydrogens is 240 g/mol. The highest BCUT2D eigenvalue weighted by atomic mass is 19.1. The van der Waals surface area contributed by atoms with Gasteiger partial charge in [0.05, 0.1) is 12.0 Å². The van der Waals surface area contributed by atoms with Crippen LogP contribution in [0.4, 0.5) is 14.5 Å². The molecule has 4 nitrogen and oxygen atoms in total. The van der Waals surface area contributed by atoms with Crippen molar-refractivity contribution in [2.24, 2.45) is 0 Å². The number of nitrogens with one attached hydrogen (secondary N) is 1. The van der Waals surface area contributed by atoms with Gasteiger partial charge < -0.3 is 9.88 Å². The molecule has 94 valence electrons. The number of hydrogen-bond donors (Lipinski definition) is 1. The maximum atomic E-state index is 13.3. The van der Waals surface area contributed by atoms with Gasteiger partial charge in [-0.25, -0.2) is 13.8 Å². The molecule has 0 radical (unpaired) electrons. The second kappa shape index (κ2) is 5.39. The smallest absolute Gasteiger partial charge is 0.226 e. The highest BCUT2D eigenvalue weighted by molar-refractivity contribution is 5.90. The molecule has 0 aliphatic carbocycles. The molecule has 1 heterocycles. The highest BCUT2D eigenvalue weighted by Crippen LogP contribution is 2.15. The Morgan fingerprint density at radius 1 is 1.39 bits per heavy atom. The van der Waals surface area contributed by atoms with E-state index < -0.39 is 11.6 Å². The van der Waals surface area contributed by atoms with Gasteiger partial charge in [0, 0.05) is 31.4 Å². The van der Waals surface area contributed by atoms with Crippen LogP contribution < -0.4 is 5.32 Å². The Balaban J connectivity index is 1.91. The summed E-state index contributed by atoms with van der Waals surface area (Å²) in [4.78, 5) is 15.4. The predicted octanol–water partition coefficient (Wildman–Crippen LogP) is 2.19. The van der Waals surface area contributed by atoms with Crippen LogP contribution in [0.3, 0.4) is 0 Å². The maximum absolute atomic E-state index is 13.3. The number of carbonyl (C=O) groups is 1. The molecule has 0 aliphatic heterocycles. The first kappa shape index (κ1) is 12.2. The summed E-state index contributed by atoms with van der Waals surface area (Å²) < 4.78 is 27.6. The summed E-state index contributed by atoms with van der Waals surface area (Å²) in [5.41, 5.74) is -0.0213. The lowest BCUT2D eigenvalue weighted by Crippen LogP contribution is -2.15. The zero-order valence-corrected chi connectivity index (χ0v) is 9.44. The van der Waals surface area contributed by atoms with E-state index in [1.54, 1.807) is 23.3 Å². The lowest BCUT2D eigenvalue weighted by atomic mass is 10.3. The van der Waals surface area contributed by atoms with Gasteiger partial charge in [-0.3, -0.25) is 4.79 Å². The van der Waals surface area contributed by atoms with Gasteiger partial charge in [0.1, 0.15) is 11.6 Å². The van der Waals surface area contributed by atoms with Crippen LogP contribution in [0.2, 0.25) is 0 Å². The molecule has 18 heavy (non-hydrogen) atoms. The Hall–Kier alpha value is -2.24. The first-order valence-electron chi connectivity index (χ1n) is 5.36. The van der Waals surface area contributed by atoms with Gasteiger partial charge >= 0.3 is 0 Å². The summed E-state index contributed by atoms with van der Waals surface area (Å²) in [6.45, 7) is 0.453. The Labute approximate surface area is 102 Å². The second-order valence-corrected chi connectivity index (χ2v) is 3.72. The quantitative estimate of drug-likeness (QED) is 0.905. The van der Waals surface area contributed by atoms with Gasteiger partial charge in [-0.15, -0.1) is 0 Å². The van der Waals surface area contributed by atoms with Crippen LogP contribution in [0.15, 0.2) is 36.9 Å². The number of imidazole rings is 1. The van der Waals surface area contributed by atoms with E-state index >= 15 is 0 Å². The number of amides is 1. The van der Waals surface area contributed by atoms with Gasteiger partial charge in [-0.05, 0) is 12.1 Å². The molecule has 0 saturated heterocycles. The Morgan fingerprint density at radius 2 is 2.22 bits per heavy atom. The van der Waals surface area contributed by atoms with Crippen molar-refractivity contribution in [1.82, 2.24) is 9.55 Å². The average molecular weight is 251 g/mol. The van der Waals surface area contributed by atoms with E-state index in [2.05, 4.69) is 10.3 Å². The van der Waals surface area contributed by atoms with E-state index in [0.717, 1.165) is 12.1 Å². The molecule has 0 bridgehead atoms. The van der Waals surface area contributed by atoms with Crippen LogP contribution in [0.25, 0.3) is 0 Å². The molecule has 1 amide bonds. The number of aryl methyl sites for hydroxylation is 1. The highest BCUT2D eigenvalue weighted by Gasteiger charge is 2.07. The third kappa shape index (κ3) is 3.13. The summed E-state index contributed by atoms with van der Waals surface area (Å²) >= 11 is 0. The topological polar surface area (TPSA) is 46.9 Å². The summed E-state index contributed by atoms with van der Waals surface area (Å²) in [5, 5.41) is 2.39. The number of benzene rings is 1. The Bertz CT molecular complexity index is 540. The lowest BCUT2D eigenvalue weighted by Gasteiger charge is -2.06. The number of halogens is 2. The number of aromatic nitrogens is 2. The molecule has 0 unspecified atom stereocenters. The largest absolute Gasteiger partial charge is 0.337 e. The summed E-state index contributed by atoms with van der Waals surface area (Å²) in [7, 11) is 0. The molecule has 0 aliphatic rings. The van der Waals surface area contributed by atoms with Crippen LogP contribution in [0.1, 0.15) is 6.42 Å². The second-order valence-electron chi connectivity index (χ2n) is 3.72. The number of anilines is 1. The van der Waals surface area contributed by atoms with Gasteiger partial charge in [0.15, 0.2) is 0 Å². The molecule has 0 spiro atoms. The minimum absolute atomic E-state index is 0.0213. The summed E-state index contributed by atoms with van der Waals surface area (Å²) in [5.74, 6) is -1.80. The Morgan fingerprint density at radius 3 is 2.89 bits per heavy atom. The summed E-state index contributed by atoms with van der Waals surface area (Å²) in [6.07, 6.45) is 5.11. The van der Waals surface area contributed by atoms with Gasteiger partial charge in [0.25, 0.3) is 0 Å². The predicted molar refractivity (Wildman–Crippen MR) is 61.8 cm³/mol. The minimum Gasteiger partial charge on any atom is -0.337 e. The fraction of sp³-hybridized carbons (Fsp3) is 0.167. The SMILES string of the molecule is O=C(CCn1ccnc1)Nc1ccc(F)cc1F. The zero-order chi connectivity index (χ0) is 13.0. The first-order chi connectivity index (χ1) is 8.65. The monoisotopic (exact) mass is 251 g/mol. The van der Waals surface area contributed by atoms with Crippen molar-refractivity contribution in [3.05, 3.63) is 48.6 Å². The van der Waals surface area contributed by atoms with Gasteiger partial charge in [0.2, 0.25) is 5.91 Å². The van der Waals surface area contributed by atoms with Crippen LogP contribution in [0, 0.1) is 11.6 Å². The fourth-order valence-electron chi connectivity index (χ4n) is 1.45. The third-order valence-corrected chi connectivity index (χ3v) is 2.36. The van der Waals surface area contributed by atoms with Crippen LogP contribution in [0.5, 0.6) is 0 Å². The van der Waals surface area contributed by atoms with E-state index in [-0.39, 0.29) is 18.0 Å². The molecule has 0 saturated carbocycles. The zero-order valence-electron chi connectivity index (χ0n) is 9.44. The molecule has 1 N–H and O–H groups in total. The molecule has 0 atom stereocenters. The molecule has 1 aromatic heterocycles. The average Bonchev–Trinajstić information content (AvgIpc) is 2.83. The number of carbonyl (C=O) groups excluding carboxylic acids is 1. The number of rotatable bonds is 4. The molecule has 6 heteroatoms. The van der Waals surface area contributed by atoms with Crippen molar-refractivity contribution in [2.45, 2.75) is 13.0 Å². The fourth-order valence-corrected chi connectivity index (χ4v) is 1.45. The van der Waals surface area contributed by atoms with E-state index in [0.29, 0.717) is 6.54 Å². The van der Waals surface area contributed by atoms with Gasteiger partial charge in [-0.1, -0.05) is 0 Å². The normalized spacial score (nSPS) is 10.3. The standard InChI is InChI=1S/C12H11F2N3O/c13-9-1-2-11(10(14)7-9)16-12(18)3-5-17-6-4-15-8-17/h1-2,4,6-8H,3,5H2,(H,16,18). The van der Waals surface area contributed by atoms with Gasteiger partial charge in [-0.2, -0.15) is 0 Å². The number of nitrogens with zero attached hydrogens (tertiary/aromatic N) is 2. The maximum Gasteiger partial charge on any atom is 0.226 e. The van der Waals surface area contributed by atoms with Crippen molar-refractivity contribution in [1.29, 1.82) is 0 Å². The first-order valence-corrected chi connectivity index (χ1v) is 5.36. The van der Waals surface area contributed by atoms with Crippen LogP contribution in [-0.4, -0.2) is 15.5 Å². The molecule has 2 rings (SSSR count). The van der Waals surface area contributed by atoms with E-state index in [1.165, 1.54) is 6.07 Å². The lowest BCUT2D eigenvalue weighted by molar-refractivity contribution is -0.116. The Kier molecular flexibility index (Phi) is 3.66. The van der Waals surface area contributed by atoms with Crippen molar-refractivity contribution in [3.63, 3.8) is 0 Å². The minimum atomic E-state index is -0.786. The third-order valence-electron chi connectivity index (χ3n) is 2.36. The molecular formula is C12H11F2N3O. The molecule has 2 aromatic rings. The molecule has 0 fully saturated rings. The van der Waals surface area contributed by atoms with Crippen LogP contribution in [-0.2, 0) is 11.3 Å². The van der Waals surface area contributed by atoms with E-state index in [1.807, 2.05) is 0 Å². The van der Waals surface area contributed by atoms with Crippen molar-refractivity contribution >= 4 is 11.6 Å². The van der Waals surface area contributed by atoms with Crippen molar-refractivity contribution in [3.8, 4) is 0 Å². The van der Waals surface area contributed by atoms with Crippen molar-refractivity contribution in [2.75, 3.05) is 5.32 Å². The molecule has 1 aromatic carbocycles. The van der Waals surface area contributed by atoms with Crippen LogP contribution >= 0.6 is 0 Å².